The van der Waals surface area contributed by atoms with Crippen LogP contribution >= 0.6 is 0 Å². The van der Waals surface area contributed by atoms with Crippen LogP contribution in [0.3, 0.4) is 0 Å². The Bertz CT molecular complexity index is 3460. The zero-order chi connectivity index (χ0) is 39.2. The zero-order valence-electron chi connectivity index (χ0n) is 32.9. The molecule has 0 radical (unpaired) electrons. The predicted octanol–water partition coefficient (Wildman–Crippen LogP) is 16.2. The van der Waals surface area contributed by atoms with E-state index in [0.29, 0.717) is 0 Å². The minimum Gasteiger partial charge on any atom is -0.455 e. The average molecular weight is 754 g/mol. The molecule has 1 aliphatic carbocycles. The maximum absolute atomic E-state index is 7.10. The van der Waals surface area contributed by atoms with E-state index in [1.165, 1.54) is 60.3 Å². The van der Waals surface area contributed by atoms with E-state index >= 15 is 0 Å². The SMILES string of the molecule is CC1(C)c2ccccc2-c2ccc(N(c3ccc(-c4ccccc4)cc3)c3c(-c4ccc5ccccc5c4)ccc4oc5c6ccccc6c6ccccc6c5c34)cc21. The van der Waals surface area contributed by atoms with Gasteiger partial charge >= 0.3 is 0 Å². The second-order valence-electron chi connectivity index (χ2n) is 16.4. The van der Waals surface area contributed by atoms with Crippen molar-refractivity contribution in [1.29, 1.82) is 0 Å². The van der Waals surface area contributed by atoms with Gasteiger partial charge in [-0.1, -0.05) is 172 Å². The molecule has 0 amide bonds. The molecule has 0 saturated carbocycles. The highest BCUT2D eigenvalue weighted by atomic mass is 16.3. The third-order valence-corrected chi connectivity index (χ3v) is 12.8. The van der Waals surface area contributed by atoms with Crippen molar-refractivity contribution < 1.29 is 4.42 Å². The van der Waals surface area contributed by atoms with Crippen LogP contribution in [-0.2, 0) is 5.41 Å². The smallest absolute Gasteiger partial charge is 0.143 e. The molecule has 12 rings (SSSR count). The van der Waals surface area contributed by atoms with E-state index in [9.17, 15) is 0 Å². The number of benzene rings is 10. The molecular weight excluding hydrogens is 715 g/mol. The van der Waals surface area contributed by atoms with Crippen LogP contribution in [0, 0.1) is 0 Å². The molecule has 0 unspecified atom stereocenters. The number of anilines is 3. The van der Waals surface area contributed by atoms with Crippen LogP contribution in [0.1, 0.15) is 25.0 Å². The quantitative estimate of drug-likeness (QED) is 0.163. The van der Waals surface area contributed by atoms with E-state index in [-0.39, 0.29) is 5.41 Å². The van der Waals surface area contributed by atoms with Gasteiger partial charge in [0, 0.05) is 33.1 Å². The number of hydrogen-bond donors (Lipinski definition) is 0. The van der Waals surface area contributed by atoms with Crippen LogP contribution < -0.4 is 4.90 Å². The summed E-state index contributed by atoms with van der Waals surface area (Å²) in [6.45, 7) is 4.73. The van der Waals surface area contributed by atoms with E-state index in [4.69, 9.17) is 4.42 Å². The van der Waals surface area contributed by atoms with Gasteiger partial charge in [-0.25, -0.2) is 0 Å². The predicted molar refractivity (Wildman–Crippen MR) is 249 cm³/mol. The van der Waals surface area contributed by atoms with E-state index in [1.807, 2.05) is 0 Å². The van der Waals surface area contributed by atoms with Gasteiger partial charge in [-0.15, -0.1) is 0 Å². The molecule has 1 aromatic heterocycles. The first-order valence-electron chi connectivity index (χ1n) is 20.5. The second kappa shape index (κ2) is 12.8. The van der Waals surface area contributed by atoms with E-state index < -0.39 is 0 Å². The van der Waals surface area contributed by atoms with Crippen LogP contribution in [0.5, 0.6) is 0 Å². The Labute approximate surface area is 343 Å². The fourth-order valence-electron chi connectivity index (χ4n) is 9.97. The Morgan fingerprint density at radius 2 is 0.983 bits per heavy atom. The molecule has 0 atom stereocenters. The zero-order valence-corrected chi connectivity index (χ0v) is 32.9. The summed E-state index contributed by atoms with van der Waals surface area (Å²) in [7, 11) is 0. The molecular formula is C57H39NO. The fraction of sp³-hybridized carbons (Fsp3) is 0.0526. The molecule has 0 fully saturated rings. The molecule has 59 heavy (non-hydrogen) atoms. The molecule has 0 saturated heterocycles. The minimum absolute atomic E-state index is 0.171. The lowest BCUT2D eigenvalue weighted by molar-refractivity contribution is 0.660. The van der Waals surface area contributed by atoms with Crippen molar-refractivity contribution in [3.05, 3.63) is 211 Å². The van der Waals surface area contributed by atoms with Crippen molar-refractivity contribution in [1.82, 2.24) is 0 Å². The maximum atomic E-state index is 7.10. The molecule has 1 heterocycles. The molecule has 10 aromatic carbocycles. The van der Waals surface area contributed by atoms with Gasteiger partial charge in [0.2, 0.25) is 0 Å². The van der Waals surface area contributed by atoms with Gasteiger partial charge in [0.25, 0.3) is 0 Å². The summed E-state index contributed by atoms with van der Waals surface area (Å²) in [5, 5.41) is 9.37. The molecule has 2 nitrogen and oxygen atoms in total. The number of nitrogens with zero attached hydrogens (tertiary/aromatic N) is 1. The molecule has 278 valence electrons. The van der Waals surface area contributed by atoms with Crippen molar-refractivity contribution in [3.8, 4) is 33.4 Å². The van der Waals surface area contributed by atoms with E-state index in [1.54, 1.807) is 0 Å². The highest BCUT2D eigenvalue weighted by Gasteiger charge is 2.36. The minimum atomic E-state index is -0.171. The molecule has 11 aromatic rings. The molecule has 2 heteroatoms. The lowest BCUT2D eigenvalue weighted by Gasteiger charge is -2.30. The van der Waals surface area contributed by atoms with E-state index in [2.05, 4.69) is 219 Å². The number of rotatable bonds is 5. The van der Waals surface area contributed by atoms with Gasteiger partial charge in [-0.05, 0) is 108 Å². The highest BCUT2D eigenvalue weighted by Crippen LogP contribution is 2.54. The Hall–Kier alpha value is -7.42. The molecule has 0 N–H and O–H groups in total. The van der Waals surface area contributed by atoms with Gasteiger partial charge in [0.05, 0.1) is 11.1 Å². The third-order valence-electron chi connectivity index (χ3n) is 12.8. The standard InChI is InChI=1S/C57H39NO/c1-57(2)50-23-13-12-20-46(50)47-31-30-42(35-51(47)57)58(41-28-26-38(27-29-41)36-14-4-3-5-15-36)55-43(40-25-24-37-16-6-7-17-39(37)34-40)32-33-52-54(55)53-48-21-10-8-18-44(48)45-19-9-11-22-49(45)56(53)59-52/h3-35H,1-2H3. The molecule has 1 aliphatic rings. The van der Waals surface area contributed by atoms with E-state index in [0.717, 1.165) is 55.5 Å². The highest BCUT2D eigenvalue weighted by molar-refractivity contribution is 6.33. The van der Waals surface area contributed by atoms with Crippen LogP contribution in [0.25, 0.3) is 87.6 Å². The summed E-state index contributed by atoms with van der Waals surface area (Å²) >= 11 is 0. The fourth-order valence-corrected chi connectivity index (χ4v) is 9.97. The summed E-state index contributed by atoms with van der Waals surface area (Å²) in [5.74, 6) is 0. The molecule has 0 spiro atoms. The van der Waals surface area contributed by atoms with Crippen molar-refractivity contribution in [2.45, 2.75) is 19.3 Å². The van der Waals surface area contributed by atoms with Gasteiger partial charge in [0.1, 0.15) is 11.2 Å². The molecule has 0 bridgehead atoms. The maximum Gasteiger partial charge on any atom is 0.143 e. The van der Waals surface area contributed by atoms with Crippen molar-refractivity contribution in [2.24, 2.45) is 0 Å². The largest absolute Gasteiger partial charge is 0.455 e. The number of fused-ring (bicyclic) bond motifs is 12. The Kier molecular flexibility index (Phi) is 7.31. The number of hydrogen-bond acceptors (Lipinski definition) is 2. The third kappa shape index (κ3) is 5.06. The first kappa shape index (κ1) is 33.7. The van der Waals surface area contributed by atoms with Crippen LogP contribution in [0.15, 0.2) is 205 Å². The lowest BCUT2D eigenvalue weighted by Crippen LogP contribution is -2.17. The van der Waals surface area contributed by atoms with Gasteiger partial charge in [-0.2, -0.15) is 0 Å². The van der Waals surface area contributed by atoms with Crippen molar-refractivity contribution >= 4 is 71.3 Å². The first-order chi connectivity index (χ1) is 29.0. The Balaban J connectivity index is 1.22. The van der Waals surface area contributed by atoms with Crippen LogP contribution in [0.2, 0.25) is 0 Å². The van der Waals surface area contributed by atoms with Crippen LogP contribution in [-0.4, -0.2) is 0 Å². The number of furan rings is 1. The lowest BCUT2D eigenvalue weighted by atomic mass is 9.82. The topological polar surface area (TPSA) is 16.4 Å². The Morgan fingerprint density at radius 3 is 1.80 bits per heavy atom. The second-order valence-corrected chi connectivity index (χ2v) is 16.4. The van der Waals surface area contributed by atoms with Gasteiger partial charge < -0.3 is 9.32 Å². The summed E-state index contributed by atoms with van der Waals surface area (Å²) in [6, 6.07) is 73.2. The van der Waals surface area contributed by atoms with Crippen molar-refractivity contribution in [2.75, 3.05) is 4.90 Å². The summed E-state index contributed by atoms with van der Waals surface area (Å²) in [4.78, 5) is 2.50. The summed E-state index contributed by atoms with van der Waals surface area (Å²) < 4.78 is 7.10. The monoisotopic (exact) mass is 753 g/mol. The van der Waals surface area contributed by atoms with Gasteiger partial charge in [0.15, 0.2) is 0 Å². The van der Waals surface area contributed by atoms with Crippen molar-refractivity contribution in [3.63, 3.8) is 0 Å². The average Bonchev–Trinajstić information content (AvgIpc) is 3.80. The summed E-state index contributed by atoms with van der Waals surface area (Å²) in [6.07, 6.45) is 0. The first-order valence-corrected chi connectivity index (χ1v) is 20.5. The van der Waals surface area contributed by atoms with Crippen LogP contribution in [0.4, 0.5) is 17.1 Å². The normalized spacial score (nSPS) is 13.1. The summed E-state index contributed by atoms with van der Waals surface area (Å²) in [5.41, 5.74) is 14.9. The molecule has 0 aliphatic heterocycles. The van der Waals surface area contributed by atoms with Gasteiger partial charge in [-0.3, -0.25) is 0 Å². The Morgan fingerprint density at radius 1 is 0.390 bits per heavy atom.